The second-order valence-corrected chi connectivity index (χ2v) is 9.24. The zero-order valence-corrected chi connectivity index (χ0v) is 20.4. The molecule has 184 valence electrons. The van der Waals surface area contributed by atoms with Crippen LogP contribution in [0.25, 0.3) is 0 Å². The zero-order chi connectivity index (χ0) is 24.8. The number of hydrogen-bond donors (Lipinski definition) is 1. The quantitative estimate of drug-likeness (QED) is 0.490. The fraction of sp³-hybridized carbons (Fsp3) is 0.458. The second kappa shape index (κ2) is 11.3. The summed E-state index contributed by atoms with van der Waals surface area (Å²) in [5, 5.41) is 19.5. The number of hydrogen-bond acceptors (Lipinski definition) is 8. The van der Waals surface area contributed by atoms with E-state index in [1.807, 2.05) is 36.6 Å². The maximum atomic E-state index is 12.9. The van der Waals surface area contributed by atoms with Crippen molar-refractivity contribution in [2.75, 3.05) is 37.3 Å². The number of nitrogens with zero attached hydrogens (tertiary/aromatic N) is 6. The maximum Gasteiger partial charge on any atom is 0.410 e. The Labute approximate surface area is 208 Å². The Balaban J connectivity index is 1.53. The Morgan fingerprint density at radius 3 is 2.74 bits per heavy atom. The van der Waals surface area contributed by atoms with Crippen molar-refractivity contribution in [2.45, 2.75) is 43.6 Å². The van der Waals surface area contributed by atoms with Gasteiger partial charge in [-0.15, -0.1) is 0 Å². The molecule has 1 N–H and O–H groups in total. The number of amides is 2. The third kappa shape index (κ3) is 5.77. The molecule has 0 bridgehead atoms. The molecule has 1 fully saturated rings. The molecule has 0 aliphatic carbocycles. The molecule has 0 radical (unpaired) electrons. The van der Waals surface area contributed by atoms with Gasteiger partial charge in [0, 0.05) is 31.7 Å². The Morgan fingerprint density at radius 2 is 2.03 bits per heavy atom. The maximum absolute atomic E-state index is 12.9. The highest BCUT2D eigenvalue weighted by Gasteiger charge is 2.34. The molecule has 1 aromatic carbocycles. The molecular formula is C24H28N6O4S. The van der Waals surface area contributed by atoms with Gasteiger partial charge in [0.05, 0.1) is 30.8 Å². The molecule has 0 spiro atoms. The number of fused-ring (bicyclic) bond motifs is 1. The van der Waals surface area contributed by atoms with Crippen molar-refractivity contribution in [2.24, 2.45) is 0 Å². The summed E-state index contributed by atoms with van der Waals surface area (Å²) in [7, 11) is 0. The lowest BCUT2D eigenvalue weighted by atomic mass is 10.1. The van der Waals surface area contributed by atoms with E-state index in [9.17, 15) is 20.0 Å². The normalized spacial score (nSPS) is 17.8. The van der Waals surface area contributed by atoms with Crippen LogP contribution in [0.3, 0.4) is 0 Å². The SMILES string of the molecule is CSc1nc2c(c(N3CCN(C(=O)OCc4ccccc4)C(CC#N)C3)n1)CCCN(C(=O)O)C2. The number of carbonyl (C=O) groups excluding carboxylic acids is 1. The number of nitriles is 1. The molecule has 0 saturated carbocycles. The van der Waals surface area contributed by atoms with Gasteiger partial charge in [0.2, 0.25) is 0 Å². The number of aromatic nitrogens is 2. The van der Waals surface area contributed by atoms with Gasteiger partial charge in [-0.1, -0.05) is 42.1 Å². The monoisotopic (exact) mass is 496 g/mol. The van der Waals surface area contributed by atoms with Crippen molar-refractivity contribution in [1.29, 1.82) is 5.26 Å². The molecule has 2 aliphatic heterocycles. The van der Waals surface area contributed by atoms with Crippen LogP contribution in [-0.2, 0) is 24.3 Å². The van der Waals surface area contributed by atoms with Crippen molar-refractivity contribution in [1.82, 2.24) is 19.8 Å². The number of ether oxygens (including phenoxy) is 1. The van der Waals surface area contributed by atoms with Gasteiger partial charge in [-0.25, -0.2) is 19.6 Å². The molecule has 10 nitrogen and oxygen atoms in total. The Bertz CT molecular complexity index is 1110. The average molecular weight is 497 g/mol. The minimum absolute atomic E-state index is 0.173. The molecule has 2 aliphatic rings. The minimum Gasteiger partial charge on any atom is -0.465 e. The van der Waals surface area contributed by atoms with Gasteiger partial charge in [0.25, 0.3) is 0 Å². The molecule has 2 amide bonds. The van der Waals surface area contributed by atoms with Crippen molar-refractivity contribution < 1.29 is 19.4 Å². The predicted molar refractivity (Wildman–Crippen MR) is 130 cm³/mol. The summed E-state index contributed by atoms with van der Waals surface area (Å²) in [6.07, 6.45) is 2.02. The standard InChI is InChI=1S/C24H28N6O4S/c1-35-22-26-20-15-29(23(31)32)11-5-8-19(20)21(27-22)28-12-13-30(18(14-28)9-10-25)24(33)34-16-17-6-3-2-4-7-17/h2-4,6-7,18H,5,8-9,11-16H2,1H3,(H,31,32). The molecule has 35 heavy (non-hydrogen) atoms. The third-order valence-corrected chi connectivity index (χ3v) is 6.80. The fourth-order valence-electron chi connectivity index (χ4n) is 4.47. The van der Waals surface area contributed by atoms with Crippen LogP contribution >= 0.6 is 11.8 Å². The molecule has 1 atom stereocenters. The van der Waals surface area contributed by atoms with Crippen molar-refractivity contribution in [3.05, 3.63) is 47.2 Å². The van der Waals surface area contributed by atoms with E-state index in [-0.39, 0.29) is 25.6 Å². The van der Waals surface area contributed by atoms with E-state index in [0.717, 1.165) is 22.6 Å². The lowest BCUT2D eigenvalue weighted by molar-refractivity contribution is 0.0767. The number of piperazine rings is 1. The summed E-state index contributed by atoms with van der Waals surface area (Å²) in [6, 6.07) is 11.3. The van der Waals surface area contributed by atoms with E-state index in [2.05, 4.69) is 16.0 Å². The Morgan fingerprint density at radius 1 is 1.23 bits per heavy atom. The van der Waals surface area contributed by atoms with E-state index in [0.29, 0.717) is 44.2 Å². The van der Waals surface area contributed by atoms with Gasteiger partial charge < -0.3 is 24.5 Å². The van der Waals surface area contributed by atoms with Crippen LogP contribution < -0.4 is 4.90 Å². The number of thioether (sulfide) groups is 1. The van der Waals surface area contributed by atoms with E-state index in [4.69, 9.17) is 9.72 Å². The van der Waals surface area contributed by atoms with Gasteiger partial charge in [-0.3, -0.25) is 0 Å². The molecule has 4 rings (SSSR count). The summed E-state index contributed by atoms with van der Waals surface area (Å²) in [4.78, 5) is 39.0. The molecule has 3 heterocycles. The highest BCUT2D eigenvalue weighted by molar-refractivity contribution is 7.98. The molecule has 11 heteroatoms. The lowest BCUT2D eigenvalue weighted by Crippen LogP contribution is -2.55. The Kier molecular flexibility index (Phi) is 7.92. The predicted octanol–water partition coefficient (Wildman–Crippen LogP) is 3.37. The van der Waals surface area contributed by atoms with Crippen LogP contribution in [0.5, 0.6) is 0 Å². The van der Waals surface area contributed by atoms with Crippen LogP contribution in [0.4, 0.5) is 15.4 Å². The third-order valence-electron chi connectivity index (χ3n) is 6.25. The van der Waals surface area contributed by atoms with Crippen LogP contribution in [0.1, 0.15) is 29.7 Å². The first-order valence-electron chi connectivity index (χ1n) is 11.5. The zero-order valence-electron chi connectivity index (χ0n) is 19.6. The first kappa shape index (κ1) is 24.6. The molecule has 1 unspecified atom stereocenters. The molecule has 1 aromatic heterocycles. The van der Waals surface area contributed by atoms with Gasteiger partial charge in [-0.2, -0.15) is 5.26 Å². The van der Waals surface area contributed by atoms with E-state index < -0.39 is 12.2 Å². The second-order valence-electron chi connectivity index (χ2n) is 8.46. The van der Waals surface area contributed by atoms with Gasteiger partial charge in [-0.05, 0) is 24.7 Å². The topological polar surface area (TPSA) is 123 Å². The van der Waals surface area contributed by atoms with E-state index in [1.54, 1.807) is 4.90 Å². The highest BCUT2D eigenvalue weighted by Crippen LogP contribution is 2.30. The van der Waals surface area contributed by atoms with E-state index in [1.165, 1.54) is 16.7 Å². The average Bonchev–Trinajstić information content (AvgIpc) is 3.10. The fourth-order valence-corrected chi connectivity index (χ4v) is 4.85. The van der Waals surface area contributed by atoms with Crippen LogP contribution in [0.2, 0.25) is 0 Å². The largest absolute Gasteiger partial charge is 0.465 e. The van der Waals surface area contributed by atoms with Gasteiger partial charge >= 0.3 is 12.2 Å². The minimum atomic E-state index is -0.958. The number of benzene rings is 1. The van der Waals surface area contributed by atoms with Crippen LogP contribution in [-0.4, -0.2) is 75.5 Å². The molecule has 2 aromatic rings. The molecular weight excluding hydrogens is 468 g/mol. The van der Waals surface area contributed by atoms with Gasteiger partial charge in [0.1, 0.15) is 12.4 Å². The Hall–Kier alpha value is -3.52. The number of carbonyl (C=O) groups is 2. The van der Waals surface area contributed by atoms with E-state index >= 15 is 0 Å². The summed E-state index contributed by atoms with van der Waals surface area (Å²) in [6.45, 7) is 2.21. The van der Waals surface area contributed by atoms with Gasteiger partial charge in [0.15, 0.2) is 5.16 Å². The van der Waals surface area contributed by atoms with Crippen molar-refractivity contribution >= 4 is 29.8 Å². The van der Waals surface area contributed by atoms with Crippen LogP contribution in [0, 0.1) is 11.3 Å². The highest BCUT2D eigenvalue weighted by atomic mass is 32.2. The summed E-state index contributed by atoms with van der Waals surface area (Å²) >= 11 is 1.41. The van der Waals surface area contributed by atoms with Crippen molar-refractivity contribution in [3.8, 4) is 6.07 Å². The number of rotatable bonds is 5. The first-order chi connectivity index (χ1) is 17.0. The van der Waals surface area contributed by atoms with Crippen LogP contribution in [0.15, 0.2) is 35.5 Å². The molecule has 1 saturated heterocycles. The first-order valence-corrected chi connectivity index (χ1v) is 12.7. The summed E-state index contributed by atoms with van der Waals surface area (Å²) < 4.78 is 5.53. The number of carboxylic acid groups (broad SMARTS) is 1. The van der Waals surface area contributed by atoms with Crippen molar-refractivity contribution in [3.63, 3.8) is 0 Å². The lowest BCUT2D eigenvalue weighted by Gasteiger charge is -2.41. The summed E-state index contributed by atoms with van der Waals surface area (Å²) in [5.74, 6) is 0.770. The summed E-state index contributed by atoms with van der Waals surface area (Å²) in [5.41, 5.74) is 2.57. The smallest absolute Gasteiger partial charge is 0.410 e. The number of anilines is 1.